The van der Waals surface area contributed by atoms with E-state index in [2.05, 4.69) is 54.2 Å². The topological polar surface area (TPSA) is 21.3 Å². The molecule has 16 heavy (non-hydrogen) atoms. The molecule has 2 nitrogen and oxygen atoms in total. The molecule has 0 bridgehead atoms. The molecule has 0 saturated carbocycles. The van der Waals surface area contributed by atoms with Crippen LogP contribution in [0.1, 0.15) is 38.7 Å². The molecule has 0 fully saturated rings. The van der Waals surface area contributed by atoms with Crippen molar-refractivity contribution in [1.29, 1.82) is 0 Å². The molecular formula is C13H18BrNO. The van der Waals surface area contributed by atoms with Crippen molar-refractivity contribution in [2.24, 2.45) is 0 Å². The van der Waals surface area contributed by atoms with E-state index >= 15 is 0 Å². The van der Waals surface area contributed by atoms with Crippen LogP contribution in [0.15, 0.2) is 16.6 Å². The zero-order valence-corrected chi connectivity index (χ0v) is 11.8. The molecule has 0 aromatic heterocycles. The van der Waals surface area contributed by atoms with Crippen molar-refractivity contribution in [3.05, 3.63) is 22.2 Å². The van der Waals surface area contributed by atoms with Gasteiger partial charge in [-0.15, -0.1) is 0 Å². The first-order valence-corrected chi connectivity index (χ1v) is 6.38. The summed E-state index contributed by atoms with van der Waals surface area (Å²) in [4.78, 5) is 0. The molecule has 3 heteroatoms. The zero-order chi connectivity index (χ0) is 11.9. The number of anilines is 1. The van der Waals surface area contributed by atoms with Crippen molar-refractivity contribution in [1.82, 2.24) is 0 Å². The average Bonchev–Trinajstić information content (AvgIpc) is 2.17. The van der Waals surface area contributed by atoms with E-state index in [1.807, 2.05) is 0 Å². The summed E-state index contributed by atoms with van der Waals surface area (Å²) in [6, 6.07) is 4.25. The predicted molar refractivity (Wildman–Crippen MR) is 71.4 cm³/mol. The number of ether oxygens (including phenoxy) is 1. The highest BCUT2D eigenvalue weighted by molar-refractivity contribution is 9.10. The Bertz CT molecular complexity index is 415. The number of hydrogen-bond acceptors (Lipinski definition) is 2. The lowest BCUT2D eigenvalue weighted by molar-refractivity contribution is 0.409. The molecule has 0 saturated heterocycles. The molecule has 2 rings (SSSR count). The van der Waals surface area contributed by atoms with Gasteiger partial charge in [0.15, 0.2) is 0 Å². The van der Waals surface area contributed by atoms with Crippen molar-refractivity contribution >= 4 is 21.6 Å². The van der Waals surface area contributed by atoms with E-state index in [-0.39, 0.29) is 5.54 Å². The van der Waals surface area contributed by atoms with E-state index in [0.29, 0.717) is 5.92 Å². The second-order valence-corrected chi connectivity index (χ2v) is 6.04. The van der Waals surface area contributed by atoms with Crippen molar-refractivity contribution in [3.63, 3.8) is 0 Å². The number of benzene rings is 1. The van der Waals surface area contributed by atoms with Gasteiger partial charge in [0.2, 0.25) is 0 Å². The van der Waals surface area contributed by atoms with Crippen LogP contribution in [-0.2, 0) is 0 Å². The van der Waals surface area contributed by atoms with Gasteiger partial charge in [-0.05, 0) is 53.7 Å². The van der Waals surface area contributed by atoms with Crippen LogP contribution in [0.3, 0.4) is 0 Å². The number of hydrogen-bond donors (Lipinski definition) is 1. The summed E-state index contributed by atoms with van der Waals surface area (Å²) in [7, 11) is 1.70. The van der Waals surface area contributed by atoms with Gasteiger partial charge in [-0.2, -0.15) is 0 Å². The lowest BCUT2D eigenvalue weighted by Crippen LogP contribution is -2.36. The normalized spacial score (nSPS) is 22.2. The highest BCUT2D eigenvalue weighted by Crippen LogP contribution is 2.42. The van der Waals surface area contributed by atoms with E-state index in [0.717, 1.165) is 16.6 Å². The summed E-state index contributed by atoms with van der Waals surface area (Å²) in [6.07, 6.45) is 1.15. The van der Waals surface area contributed by atoms with Gasteiger partial charge in [0.05, 0.1) is 11.6 Å². The van der Waals surface area contributed by atoms with Crippen LogP contribution in [0.4, 0.5) is 5.69 Å². The molecule has 0 radical (unpaired) electrons. The molecule has 0 amide bonds. The largest absolute Gasteiger partial charge is 0.495 e. The first-order chi connectivity index (χ1) is 7.43. The van der Waals surface area contributed by atoms with E-state index in [1.165, 1.54) is 11.3 Å². The third kappa shape index (κ3) is 2.05. The number of methoxy groups -OCH3 is 1. The summed E-state index contributed by atoms with van der Waals surface area (Å²) >= 11 is 3.54. The number of halogens is 1. The van der Waals surface area contributed by atoms with Crippen molar-refractivity contribution < 1.29 is 4.74 Å². The van der Waals surface area contributed by atoms with Crippen LogP contribution >= 0.6 is 15.9 Å². The Balaban J connectivity index is 2.49. The molecule has 88 valence electrons. The maximum atomic E-state index is 5.33. The molecule has 1 heterocycles. The second kappa shape index (κ2) is 3.95. The Morgan fingerprint density at radius 2 is 2.12 bits per heavy atom. The number of fused-ring (bicyclic) bond motifs is 1. The third-order valence-electron chi connectivity index (χ3n) is 3.14. The van der Waals surface area contributed by atoms with Crippen molar-refractivity contribution in [2.45, 2.75) is 38.6 Å². The fourth-order valence-corrected chi connectivity index (χ4v) is 3.06. The predicted octanol–water partition coefficient (Wildman–Crippen LogP) is 4.16. The van der Waals surface area contributed by atoms with Gasteiger partial charge in [-0.25, -0.2) is 0 Å². The lowest BCUT2D eigenvalue weighted by Gasteiger charge is -2.37. The lowest BCUT2D eigenvalue weighted by atomic mass is 9.82. The van der Waals surface area contributed by atoms with Gasteiger partial charge in [0.25, 0.3) is 0 Å². The first-order valence-electron chi connectivity index (χ1n) is 5.58. The molecular weight excluding hydrogens is 266 g/mol. The molecule has 1 aliphatic heterocycles. The van der Waals surface area contributed by atoms with Crippen LogP contribution in [0.5, 0.6) is 5.75 Å². The van der Waals surface area contributed by atoms with Gasteiger partial charge in [-0.1, -0.05) is 6.92 Å². The van der Waals surface area contributed by atoms with Gasteiger partial charge >= 0.3 is 0 Å². The zero-order valence-electron chi connectivity index (χ0n) is 10.2. The minimum absolute atomic E-state index is 0.158. The molecule has 1 aromatic rings. The first kappa shape index (κ1) is 11.8. The second-order valence-electron chi connectivity index (χ2n) is 5.19. The molecule has 1 aliphatic rings. The highest BCUT2D eigenvalue weighted by atomic mass is 79.9. The minimum atomic E-state index is 0.158. The molecule has 1 atom stereocenters. The summed E-state index contributed by atoms with van der Waals surface area (Å²) in [6.45, 7) is 6.75. The standard InChI is InChI=1S/C13H18BrNO/c1-8-7-13(2,3)15-11-6-12(16-4)10(14)5-9(8)11/h5-6,8,15H,7H2,1-4H3. The van der Waals surface area contributed by atoms with E-state index in [4.69, 9.17) is 4.74 Å². The van der Waals surface area contributed by atoms with Gasteiger partial charge in [0.1, 0.15) is 5.75 Å². The summed E-state index contributed by atoms with van der Waals surface area (Å²) in [5, 5.41) is 3.57. The van der Waals surface area contributed by atoms with Gasteiger partial charge < -0.3 is 10.1 Å². The monoisotopic (exact) mass is 283 g/mol. The molecule has 1 unspecified atom stereocenters. The summed E-state index contributed by atoms with van der Waals surface area (Å²) in [5.74, 6) is 1.46. The summed E-state index contributed by atoms with van der Waals surface area (Å²) in [5.41, 5.74) is 2.72. The molecule has 0 aliphatic carbocycles. The molecule has 0 spiro atoms. The smallest absolute Gasteiger partial charge is 0.135 e. The Morgan fingerprint density at radius 1 is 1.44 bits per heavy atom. The fourth-order valence-electron chi connectivity index (χ4n) is 2.53. The quantitative estimate of drug-likeness (QED) is 0.836. The van der Waals surface area contributed by atoms with Gasteiger partial charge in [-0.3, -0.25) is 0 Å². The number of rotatable bonds is 1. The fraction of sp³-hybridized carbons (Fsp3) is 0.538. The maximum Gasteiger partial charge on any atom is 0.135 e. The van der Waals surface area contributed by atoms with E-state index < -0.39 is 0 Å². The minimum Gasteiger partial charge on any atom is -0.495 e. The van der Waals surface area contributed by atoms with Crippen LogP contribution in [-0.4, -0.2) is 12.6 Å². The summed E-state index contributed by atoms with van der Waals surface area (Å²) < 4.78 is 6.36. The van der Waals surface area contributed by atoms with Gasteiger partial charge in [0, 0.05) is 17.3 Å². The van der Waals surface area contributed by atoms with E-state index in [1.54, 1.807) is 7.11 Å². The van der Waals surface area contributed by atoms with Crippen LogP contribution in [0.25, 0.3) is 0 Å². The Kier molecular flexibility index (Phi) is 2.91. The SMILES string of the molecule is COc1cc2c(cc1Br)C(C)CC(C)(C)N2. The molecule has 1 aromatic carbocycles. The average molecular weight is 284 g/mol. The highest BCUT2D eigenvalue weighted by Gasteiger charge is 2.29. The molecule has 1 N–H and O–H groups in total. The van der Waals surface area contributed by atoms with Crippen LogP contribution < -0.4 is 10.1 Å². The van der Waals surface area contributed by atoms with Crippen molar-refractivity contribution in [3.8, 4) is 5.75 Å². The Labute approximate surface area is 106 Å². The number of nitrogens with one attached hydrogen (secondary N) is 1. The van der Waals surface area contributed by atoms with Crippen LogP contribution in [0.2, 0.25) is 0 Å². The third-order valence-corrected chi connectivity index (χ3v) is 3.76. The van der Waals surface area contributed by atoms with E-state index in [9.17, 15) is 0 Å². The van der Waals surface area contributed by atoms with Crippen LogP contribution in [0, 0.1) is 0 Å². The Morgan fingerprint density at radius 3 is 2.75 bits per heavy atom. The maximum absolute atomic E-state index is 5.33. The Hall–Kier alpha value is -0.700. The van der Waals surface area contributed by atoms with Crippen molar-refractivity contribution in [2.75, 3.05) is 12.4 Å².